The molecule has 3 aromatic carbocycles. The van der Waals surface area contributed by atoms with Crippen molar-refractivity contribution < 1.29 is 24.2 Å². The molecule has 0 aliphatic carbocycles. The van der Waals surface area contributed by atoms with Crippen LogP contribution in [0, 0.1) is 0 Å². The van der Waals surface area contributed by atoms with Crippen LogP contribution in [-0.4, -0.2) is 25.1 Å². The fraction of sp³-hybridized carbons (Fsp3) is 0.231. The molecule has 4 rings (SSSR count). The molecule has 1 amide bonds. The molecule has 0 bridgehead atoms. The van der Waals surface area contributed by atoms with E-state index in [-0.39, 0.29) is 17.9 Å². The summed E-state index contributed by atoms with van der Waals surface area (Å²) >= 11 is 6.12. The number of carboxylic acids is 1. The quantitative estimate of drug-likeness (QED) is 0.524. The maximum Gasteiger partial charge on any atom is 0.232 e. The number of hydrogen-bond donors (Lipinski definition) is 0. The first kappa shape index (κ1) is 22.7. The van der Waals surface area contributed by atoms with Crippen molar-refractivity contribution in [1.29, 1.82) is 0 Å². The molecule has 1 aliphatic heterocycles. The number of aromatic carboxylic acids is 1. The summed E-state index contributed by atoms with van der Waals surface area (Å²) in [6.45, 7) is 4.75. The van der Waals surface area contributed by atoms with Gasteiger partial charge in [-0.1, -0.05) is 35.9 Å². The highest BCUT2D eigenvalue weighted by molar-refractivity contribution is 6.30. The SMILES string of the molecule is CCOc1cc2c(cc1OCC)[C@H](c1ccc(Cl)cc1)N(c1ccc(C(=O)[O-])cc1)C(=O)C2. The van der Waals surface area contributed by atoms with Crippen molar-refractivity contribution in [1.82, 2.24) is 0 Å². The number of fused-ring (bicyclic) bond motifs is 1. The van der Waals surface area contributed by atoms with Crippen LogP contribution in [0.3, 0.4) is 0 Å². The van der Waals surface area contributed by atoms with E-state index in [0.29, 0.717) is 35.4 Å². The fourth-order valence-electron chi connectivity index (χ4n) is 4.12. The molecule has 1 aliphatic rings. The Bertz CT molecular complexity index is 1170. The third kappa shape index (κ3) is 4.52. The molecular formula is C26H23ClNO5-. The van der Waals surface area contributed by atoms with Gasteiger partial charge in [0.05, 0.1) is 31.6 Å². The molecule has 0 saturated carbocycles. The molecule has 7 heteroatoms. The number of ether oxygens (including phenoxy) is 2. The van der Waals surface area contributed by atoms with Crippen molar-refractivity contribution in [3.05, 3.63) is 87.9 Å². The summed E-state index contributed by atoms with van der Waals surface area (Å²) in [4.78, 5) is 26.3. The van der Waals surface area contributed by atoms with Crippen molar-refractivity contribution in [3.63, 3.8) is 0 Å². The second-order valence-corrected chi connectivity index (χ2v) is 8.03. The van der Waals surface area contributed by atoms with Crippen LogP contribution in [0.2, 0.25) is 5.02 Å². The second-order valence-electron chi connectivity index (χ2n) is 7.59. The Morgan fingerprint density at radius 1 is 1.00 bits per heavy atom. The molecule has 0 spiro atoms. The highest BCUT2D eigenvalue weighted by Crippen LogP contribution is 2.43. The van der Waals surface area contributed by atoms with E-state index < -0.39 is 12.0 Å². The molecule has 6 nitrogen and oxygen atoms in total. The van der Waals surface area contributed by atoms with Gasteiger partial charge in [0.15, 0.2) is 11.5 Å². The van der Waals surface area contributed by atoms with E-state index in [9.17, 15) is 14.7 Å². The summed E-state index contributed by atoms with van der Waals surface area (Å²) in [7, 11) is 0. The van der Waals surface area contributed by atoms with Gasteiger partial charge in [0.1, 0.15) is 0 Å². The highest BCUT2D eigenvalue weighted by Gasteiger charge is 2.36. The van der Waals surface area contributed by atoms with Crippen LogP contribution < -0.4 is 19.5 Å². The zero-order chi connectivity index (χ0) is 23.5. The molecule has 0 saturated heterocycles. The zero-order valence-electron chi connectivity index (χ0n) is 18.3. The standard InChI is InChI=1S/C26H24ClNO5/c1-3-32-22-13-18-14-24(29)28(20-11-7-17(8-12-20)26(30)31)25(16-5-9-19(27)10-6-16)21(18)15-23(22)33-4-2/h5-13,15,25H,3-4,14H2,1-2H3,(H,30,31)/p-1/t25-/m0/s1. The number of halogens is 1. The van der Waals surface area contributed by atoms with Crippen molar-refractivity contribution in [2.75, 3.05) is 18.1 Å². The van der Waals surface area contributed by atoms with Gasteiger partial charge in [0, 0.05) is 10.7 Å². The third-order valence-electron chi connectivity index (χ3n) is 5.54. The summed E-state index contributed by atoms with van der Waals surface area (Å²) in [5.74, 6) is -0.169. The van der Waals surface area contributed by atoms with Crippen molar-refractivity contribution in [2.45, 2.75) is 26.3 Å². The van der Waals surface area contributed by atoms with Gasteiger partial charge in [-0.2, -0.15) is 0 Å². The Labute approximate surface area is 197 Å². The number of carbonyl (C=O) groups is 2. The van der Waals surface area contributed by atoms with Gasteiger partial charge in [0.2, 0.25) is 5.91 Å². The lowest BCUT2D eigenvalue weighted by molar-refractivity contribution is -0.255. The van der Waals surface area contributed by atoms with Crippen LogP contribution in [0.15, 0.2) is 60.7 Å². The van der Waals surface area contributed by atoms with Crippen LogP contribution >= 0.6 is 11.6 Å². The van der Waals surface area contributed by atoms with E-state index in [0.717, 1.165) is 16.7 Å². The number of carbonyl (C=O) groups excluding carboxylic acids is 2. The number of rotatable bonds is 7. The average Bonchev–Trinajstić information content (AvgIpc) is 2.80. The minimum atomic E-state index is -1.27. The van der Waals surface area contributed by atoms with Crippen LogP contribution in [-0.2, 0) is 11.2 Å². The van der Waals surface area contributed by atoms with E-state index in [1.54, 1.807) is 29.2 Å². The van der Waals surface area contributed by atoms with Gasteiger partial charge in [-0.3, -0.25) is 4.79 Å². The number of amides is 1. The summed E-state index contributed by atoms with van der Waals surface area (Å²) in [5, 5.41) is 11.8. The van der Waals surface area contributed by atoms with Gasteiger partial charge in [-0.05, 0) is 72.5 Å². The third-order valence-corrected chi connectivity index (χ3v) is 5.79. The van der Waals surface area contributed by atoms with E-state index in [2.05, 4.69) is 0 Å². The molecule has 0 fully saturated rings. The Hall–Kier alpha value is -3.51. The predicted octanol–water partition coefficient (Wildman–Crippen LogP) is 4.18. The van der Waals surface area contributed by atoms with Crippen LogP contribution in [0.5, 0.6) is 11.5 Å². The van der Waals surface area contributed by atoms with Gasteiger partial charge >= 0.3 is 0 Å². The van der Waals surface area contributed by atoms with E-state index >= 15 is 0 Å². The Morgan fingerprint density at radius 3 is 2.18 bits per heavy atom. The van der Waals surface area contributed by atoms with E-state index in [4.69, 9.17) is 21.1 Å². The molecular weight excluding hydrogens is 442 g/mol. The molecule has 1 heterocycles. The summed E-state index contributed by atoms with van der Waals surface area (Å²) in [5.41, 5.74) is 3.26. The Morgan fingerprint density at radius 2 is 1.61 bits per heavy atom. The lowest BCUT2D eigenvalue weighted by Gasteiger charge is -2.38. The fourth-order valence-corrected chi connectivity index (χ4v) is 4.24. The van der Waals surface area contributed by atoms with E-state index in [1.165, 1.54) is 12.1 Å². The number of anilines is 1. The van der Waals surface area contributed by atoms with Crippen molar-refractivity contribution in [2.24, 2.45) is 0 Å². The number of benzene rings is 3. The second kappa shape index (κ2) is 9.55. The smallest absolute Gasteiger partial charge is 0.232 e. The molecule has 3 aromatic rings. The van der Waals surface area contributed by atoms with E-state index in [1.807, 2.05) is 38.1 Å². The maximum absolute atomic E-state index is 13.4. The number of nitrogens with zero attached hydrogens (tertiary/aromatic N) is 1. The zero-order valence-corrected chi connectivity index (χ0v) is 19.1. The first-order valence-electron chi connectivity index (χ1n) is 10.7. The summed E-state index contributed by atoms with van der Waals surface area (Å²) in [6.07, 6.45) is 0.175. The van der Waals surface area contributed by atoms with Gasteiger partial charge in [-0.15, -0.1) is 0 Å². The highest BCUT2D eigenvalue weighted by atomic mass is 35.5. The van der Waals surface area contributed by atoms with Gasteiger partial charge in [-0.25, -0.2) is 0 Å². The topological polar surface area (TPSA) is 78.9 Å². The Kier molecular flexibility index (Phi) is 6.56. The lowest BCUT2D eigenvalue weighted by atomic mass is 9.86. The minimum absolute atomic E-state index is 0.0478. The van der Waals surface area contributed by atoms with Crippen LogP contribution in [0.25, 0.3) is 0 Å². The molecule has 0 N–H and O–H groups in total. The maximum atomic E-state index is 13.4. The number of hydrogen-bond acceptors (Lipinski definition) is 5. The molecule has 0 unspecified atom stereocenters. The van der Waals surface area contributed by atoms with Gasteiger partial charge in [0.25, 0.3) is 0 Å². The monoisotopic (exact) mass is 464 g/mol. The summed E-state index contributed by atoms with van der Waals surface area (Å²) < 4.78 is 11.6. The predicted molar refractivity (Wildman–Crippen MR) is 124 cm³/mol. The molecule has 1 atom stereocenters. The molecule has 170 valence electrons. The minimum Gasteiger partial charge on any atom is -0.545 e. The lowest BCUT2D eigenvalue weighted by Crippen LogP contribution is -2.41. The first-order valence-corrected chi connectivity index (χ1v) is 11.1. The van der Waals surface area contributed by atoms with Crippen molar-refractivity contribution >= 4 is 29.2 Å². The molecule has 0 radical (unpaired) electrons. The van der Waals surface area contributed by atoms with Crippen LogP contribution in [0.1, 0.15) is 46.9 Å². The van der Waals surface area contributed by atoms with Crippen LogP contribution in [0.4, 0.5) is 5.69 Å². The normalized spacial score (nSPS) is 15.2. The molecule has 0 aromatic heterocycles. The first-order chi connectivity index (χ1) is 15.9. The van der Waals surface area contributed by atoms with Gasteiger partial charge < -0.3 is 24.3 Å². The Balaban J connectivity index is 1.89. The summed E-state index contributed by atoms with van der Waals surface area (Å²) in [6, 6.07) is 16.8. The average molecular weight is 465 g/mol. The largest absolute Gasteiger partial charge is 0.545 e. The van der Waals surface area contributed by atoms with Crippen molar-refractivity contribution in [3.8, 4) is 11.5 Å². The number of carboxylic acid groups (broad SMARTS) is 1. The molecule has 33 heavy (non-hydrogen) atoms.